The van der Waals surface area contributed by atoms with Crippen LogP contribution < -0.4 is 4.74 Å². The number of halogens is 2. The molecule has 0 saturated carbocycles. The van der Waals surface area contributed by atoms with Crippen molar-refractivity contribution in [2.24, 2.45) is 0 Å². The van der Waals surface area contributed by atoms with E-state index in [1.807, 2.05) is 0 Å². The van der Waals surface area contributed by atoms with Crippen molar-refractivity contribution in [1.82, 2.24) is 0 Å². The Bertz CT molecular complexity index is 596. The van der Waals surface area contributed by atoms with Crippen LogP contribution in [0.5, 0.6) is 5.75 Å². The second kappa shape index (κ2) is 5.71. The number of rotatable bonds is 4. The summed E-state index contributed by atoms with van der Waals surface area (Å²) in [7, 11) is 0. The summed E-state index contributed by atoms with van der Waals surface area (Å²) in [5.74, 6) is -1.07. The fraction of sp³-hybridized carbons (Fsp3) is 0.0714. The molecule has 0 saturated heterocycles. The maximum Gasteiger partial charge on any atom is 0.335 e. The zero-order valence-electron chi connectivity index (χ0n) is 9.77. The van der Waals surface area contributed by atoms with Crippen LogP contribution >= 0.6 is 11.6 Å². The summed E-state index contributed by atoms with van der Waals surface area (Å²) in [5, 5.41) is 9.41. The van der Waals surface area contributed by atoms with Gasteiger partial charge in [0.25, 0.3) is 0 Å². The van der Waals surface area contributed by atoms with Crippen molar-refractivity contribution in [2.45, 2.75) is 6.61 Å². The zero-order chi connectivity index (χ0) is 13.8. The van der Waals surface area contributed by atoms with Gasteiger partial charge in [-0.25, -0.2) is 9.18 Å². The Morgan fingerprint density at radius 3 is 2.53 bits per heavy atom. The maximum absolute atomic E-state index is 13.5. The maximum atomic E-state index is 13.5. The first-order valence-corrected chi connectivity index (χ1v) is 5.84. The van der Waals surface area contributed by atoms with E-state index in [0.29, 0.717) is 10.8 Å². The van der Waals surface area contributed by atoms with E-state index >= 15 is 0 Å². The lowest BCUT2D eigenvalue weighted by atomic mass is 10.1. The standard InChI is InChI=1S/C14H10ClFO3/c15-11-2-4-12(5-3-11)19-8-10-7-9(14(17)18)1-6-13(10)16/h1-7H,8H2,(H,17,18). The van der Waals surface area contributed by atoms with E-state index in [0.717, 1.165) is 6.07 Å². The third-order valence-electron chi connectivity index (χ3n) is 2.50. The third-order valence-corrected chi connectivity index (χ3v) is 2.75. The predicted molar refractivity (Wildman–Crippen MR) is 69.1 cm³/mol. The number of benzene rings is 2. The van der Waals surface area contributed by atoms with Gasteiger partial charge in [-0.3, -0.25) is 0 Å². The molecule has 0 aliphatic rings. The van der Waals surface area contributed by atoms with Gasteiger partial charge >= 0.3 is 5.97 Å². The van der Waals surface area contributed by atoms with E-state index in [2.05, 4.69) is 0 Å². The van der Waals surface area contributed by atoms with Gasteiger partial charge in [0.1, 0.15) is 18.2 Å². The molecule has 2 aromatic carbocycles. The van der Waals surface area contributed by atoms with Crippen molar-refractivity contribution < 1.29 is 19.0 Å². The Balaban J connectivity index is 2.12. The number of carboxylic acids is 1. The van der Waals surface area contributed by atoms with Crippen LogP contribution in [0.1, 0.15) is 15.9 Å². The molecule has 0 atom stereocenters. The lowest BCUT2D eigenvalue weighted by Crippen LogP contribution is -2.03. The van der Waals surface area contributed by atoms with Crippen molar-refractivity contribution in [2.75, 3.05) is 0 Å². The average molecular weight is 281 g/mol. The van der Waals surface area contributed by atoms with E-state index < -0.39 is 11.8 Å². The quantitative estimate of drug-likeness (QED) is 0.927. The van der Waals surface area contributed by atoms with Crippen molar-refractivity contribution in [3.05, 3.63) is 64.4 Å². The van der Waals surface area contributed by atoms with Gasteiger partial charge in [-0.15, -0.1) is 0 Å². The molecular weight excluding hydrogens is 271 g/mol. The van der Waals surface area contributed by atoms with Gasteiger partial charge in [-0.05, 0) is 42.5 Å². The third kappa shape index (κ3) is 3.45. The molecule has 98 valence electrons. The Kier molecular flexibility index (Phi) is 4.02. The molecule has 0 aliphatic heterocycles. The van der Waals surface area contributed by atoms with Crippen molar-refractivity contribution in [3.63, 3.8) is 0 Å². The van der Waals surface area contributed by atoms with Crippen molar-refractivity contribution in [3.8, 4) is 5.75 Å². The molecule has 0 radical (unpaired) electrons. The molecule has 0 bridgehead atoms. The first-order valence-electron chi connectivity index (χ1n) is 5.46. The normalized spacial score (nSPS) is 10.2. The minimum atomic E-state index is -1.10. The van der Waals surface area contributed by atoms with Gasteiger partial charge in [-0.2, -0.15) is 0 Å². The highest BCUT2D eigenvalue weighted by molar-refractivity contribution is 6.30. The SMILES string of the molecule is O=C(O)c1ccc(F)c(COc2ccc(Cl)cc2)c1. The topological polar surface area (TPSA) is 46.5 Å². The van der Waals surface area contributed by atoms with Crippen LogP contribution in [0.2, 0.25) is 5.02 Å². The summed E-state index contributed by atoms with van der Waals surface area (Å²) in [5.41, 5.74) is 0.214. The van der Waals surface area contributed by atoms with E-state index in [-0.39, 0.29) is 17.7 Å². The van der Waals surface area contributed by atoms with E-state index in [1.165, 1.54) is 12.1 Å². The van der Waals surface area contributed by atoms with Gasteiger partial charge in [0.2, 0.25) is 0 Å². The van der Waals surface area contributed by atoms with Crippen LogP contribution in [0, 0.1) is 5.82 Å². The van der Waals surface area contributed by atoms with Crippen LogP contribution in [0.4, 0.5) is 4.39 Å². The van der Waals surface area contributed by atoms with Crippen molar-refractivity contribution in [1.29, 1.82) is 0 Å². The second-order valence-corrected chi connectivity index (χ2v) is 4.29. The molecule has 0 fully saturated rings. The zero-order valence-corrected chi connectivity index (χ0v) is 10.5. The fourth-order valence-corrected chi connectivity index (χ4v) is 1.64. The van der Waals surface area contributed by atoms with Crippen LogP contribution in [0.25, 0.3) is 0 Å². The number of carbonyl (C=O) groups is 1. The van der Waals surface area contributed by atoms with Gasteiger partial charge in [0.15, 0.2) is 0 Å². The molecule has 5 heteroatoms. The molecule has 0 heterocycles. The van der Waals surface area contributed by atoms with Crippen LogP contribution in [-0.4, -0.2) is 11.1 Å². The molecule has 0 spiro atoms. The van der Waals surface area contributed by atoms with Gasteiger partial charge in [-0.1, -0.05) is 11.6 Å². The number of ether oxygens (including phenoxy) is 1. The van der Waals surface area contributed by atoms with Gasteiger partial charge in [0, 0.05) is 10.6 Å². The molecule has 1 N–H and O–H groups in total. The highest BCUT2D eigenvalue weighted by Gasteiger charge is 2.09. The molecule has 0 unspecified atom stereocenters. The smallest absolute Gasteiger partial charge is 0.335 e. The largest absolute Gasteiger partial charge is 0.489 e. The number of aromatic carboxylic acids is 1. The monoisotopic (exact) mass is 280 g/mol. The Morgan fingerprint density at radius 1 is 1.21 bits per heavy atom. The molecule has 0 amide bonds. The number of carboxylic acid groups (broad SMARTS) is 1. The summed E-state index contributed by atoms with van der Waals surface area (Å²) < 4.78 is 18.9. The van der Waals surface area contributed by atoms with Crippen LogP contribution in [-0.2, 0) is 6.61 Å². The molecule has 2 aromatic rings. The fourth-order valence-electron chi connectivity index (χ4n) is 1.51. The summed E-state index contributed by atoms with van der Waals surface area (Å²) in [6, 6.07) is 10.2. The lowest BCUT2D eigenvalue weighted by Gasteiger charge is -2.08. The summed E-state index contributed by atoms with van der Waals surface area (Å²) >= 11 is 5.73. The molecule has 3 nitrogen and oxygen atoms in total. The second-order valence-electron chi connectivity index (χ2n) is 3.85. The van der Waals surface area contributed by atoms with Crippen molar-refractivity contribution >= 4 is 17.6 Å². The molecule has 2 rings (SSSR count). The molecule has 0 aromatic heterocycles. The Morgan fingerprint density at radius 2 is 1.89 bits per heavy atom. The van der Waals surface area contributed by atoms with E-state index in [9.17, 15) is 9.18 Å². The highest BCUT2D eigenvalue weighted by atomic mass is 35.5. The molecule has 19 heavy (non-hydrogen) atoms. The first kappa shape index (κ1) is 13.4. The Labute approximate surface area is 114 Å². The van der Waals surface area contributed by atoms with Gasteiger partial charge in [0.05, 0.1) is 5.56 Å². The molecule has 0 aliphatic carbocycles. The van der Waals surface area contributed by atoms with Gasteiger partial charge < -0.3 is 9.84 Å². The van der Waals surface area contributed by atoms with E-state index in [1.54, 1.807) is 24.3 Å². The first-order chi connectivity index (χ1) is 9.06. The minimum Gasteiger partial charge on any atom is -0.489 e. The molecular formula is C14H10ClFO3. The van der Waals surface area contributed by atoms with Crippen LogP contribution in [0.3, 0.4) is 0 Å². The predicted octanol–water partition coefficient (Wildman–Crippen LogP) is 3.76. The minimum absolute atomic E-state index is 0.0242. The summed E-state index contributed by atoms with van der Waals surface area (Å²) in [6.45, 7) is -0.0470. The summed E-state index contributed by atoms with van der Waals surface area (Å²) in [4.78, 5) is 10.8. The highest BCUT2D eigenvalue weighted by Crippen LogP contribution is 2.18. The number of hydrogen-bond donors (Lipinski definition) is 1. The van der Waals surface area contributed by atoms with E-state index in [4.69, 9.17) is 21.4 Å². The summed E-state index contributed by atoms with van der Waals surface area (Å²) in [6.07, 6.45) is 0. The Hall–Kier alpha value is -2.07. The average Bonchev–Trinajstić information content (AvgIpc) is 2.39. The lowest BCUT2D eigenvalue weighted by molar-refractivity contribution is 0.0696. The van der Waals surface area contributed by atoms with Crippen LogP contribution in [0.15, 0.2) is 42.5 Å². The number of hydrogen-bond acceptors (Lipinski definition) is 2.